The maximum Gasteiger partial charge on any atom is 0.240 e. The van der Waals surface area contributed by atoms with Gasteiger partial charge in [-0.05, 0) is 125 Å². The number of piperidine rings is 2. The largest absolute Gasteiger partial charge is 0.497 e. The number of likely N-dealkylation sites (tertiary alicyclic amines) is 1. The van der Waals surface area contributed by atoms with Gasteiger partial charge in [-0.3, -0.25) is 9.91 Å². The average Bonchev–Trinajstić information content (AvgIpc) is 3.23. The number of benzene rings is 3. The van der Waals surface area contributed by atoms with Crippen molar-refractivity contribution in [1.82, 2.24) is 24.8 Å². The minimum Gasteiger partial charge on any atom is -0.497 e. The molecule has 12 heteroatoms. The van der Waals surface area contributed by atoms with Crippen molar-refractivity contribution in [3.05, 3.63) is 97.1 Å². The fourth-order valence-corrected chi connectivity index (χ4v) is 8.03. The van der Waals surface area contributed by atoms with Gasteiger partial charge in [-0.25, -0.2) is 25.8 Å². The van der Waals surface area contributed by atoms with E-state index in [-0.39, 0.29) is 24.3 Å². The molecule has 0 aliphatic carbocycles. The monoisotopic (exact) mass is 772 g/mol. The van der Waals surface area contributed by atoms with Crippen LogP contribution in [-0.4, -0.2) is 83.0 Å². The fourth-order valence-electron chi connectivity index (χ4n) is 8.03. The second kappa shape index (κ2) is 18.2. The van der Waals surface area contributed by atoms with Gasteiger partial charge in [0, 0.05) is 61.1 Å². The molecule has 5 aromatic rings. The first-order valence-electron chi connectivity index (χ1n) is 20.1. The van der Waals surface area contributed by atoms with Crippen LogP contribution in [0.25, 0.3) is 22.3 Å². The van der Waals surface area contributed by atoms with Gasteiger partial charge >= 0.3 is 0 Å². The van der Waals surface area contributed by atoms with Crippen molar-refractivity contribution < 1.29 is 18.9 Å². The first kappa shape index (κ1) is 39.8. The number of hydrogen-bond donors (Lipinski definition) is 1. The van der Waals surface area contributed by atoms with E-state index in [9.17, 15) is 0 Å². The van der Waals surface area contributed by atoms with Crippen LogP contribution in [-0.2, 0) is 6.54 Å². The SMILES string of the molecule is COc1ccc(-c2cnc(N(N)C3CCN(c4ncc(-c5ccc(OC)cc5)cn4)C(C4CCN(Cc5cc(OC(C)C)cc(OC(C)C)c5)CC4)C3)nc2)cc1. The molecule has 2 fully saturated rings. The quantitative estimate of drug-likeness (QED) is 0.0874. The molecule has 2 saturated heterocycles. The van der Waals surface area contributed by atoms with Gasteiger partial charge < -0.3 is 23.8 Å². The van der Waals surface area contributed by atoms with Crippen molar-refractivity contribution in [3.63, 3.8) is 0 Å². The third kappa shape index (κ3) is 9.92. The summed E-state index contributed by atoms with van der Waals surface area (Å²) in [5, 5.41) is 1.77. The highest BCUT2D eigenvalue weighted by atomic mass is 16.5. The number of hydrazine groups is 1. The van der Waals surface area contributed by atoms with Gasteiger partial charge in [0.1, 0.15) is 23.0 Å². The van der Waals surface area contributed by atoms with Crippen LogP contribution < -0.4 is 34.7 Å². The Hall–Kier alpha value is -5.46. The van der Waals surface area contributed by atoms with Gasteiger partial charge in [0.25, 0.3) is 0 Å². The van der Waals surface area contributed by atoms with Gasteiger partial charge in [0.15, 0.2) is 0 Å². The number of nitrogens with two attached hydrogens (primary N) is 1. The molecule has 3 aromatic carbocycles. The van der Waals surface area contributed by atoms with Crippen LogP contribution >= 0.6 is 0 Å². The molecule has 300 valence electrons. The second-order valence-corrected chi connectivity index (χ2v) is 15.6. The number of rotatable bonds is 14. The topological polar surface area (TPSA) is 124 Å². The Morgan fingerprint density at radius 2 is 1.16 bits per heavy atom. The highest BCUT2D eigenvalue weighted by Crippen LogP contribution is 2.36. The molecule has 57 heavy (non-hydrogen) atoms. The predicted molar refractivity (Wildman–Crippen MR) is 225 cm³/mol. The van der Waals surface area contributed by atoms with Gasteiger partial charge in [-0.1, -0.05) is 24.3 Å². The molecule has 4 heterocycles. The maximum atomic E-state index is 6.87. The third-order valence-corrected chi connectivity index (χ3v) is 10.9. The van der Waals surface area contributed by atoms with Crippen LogP contribution in [0.5, 0.6) is 23.0 Å². The van der Waals surface area contributed by atoms with Crippen molar-refractivity contribution in [3.8, 4) is 45.3 Å². The van der Waals surface area contributed by atoms with Crippen molar-refractivity contribution in [2.75, 3.05) is 43.8 Å². The Morgan fingerprint density at radius 1 is 0.649 bits per heavy atom. The summed E-state index contributed by atoms with van der Waals surface area (Å²) in [7, 11) is 3.34. The van der Waals surface area contributed by atoms with Crippen molar-refractivity contribution in [2.24, 2.45) is 11.8 Å². The molecule has 2 unspecified atom stereocenters. The fraction of sp³-hybridized carbons (Fsp3) is 0.422. The minimum atomic E-state index is 0.0535. The summed E-state index contributed by atoms with van der Waals surface area (Å²) in [5.74, 6) is 11.9. The highest BCUT2D eigenvalue weighted by Gasteiger charge is 2.39. The van der Waals surface area contributed by atoms with Crippen LogP contribution in [0.1, 0.15) is 58.9 Å². The highest BCUT2D eigenvalue weighted by molar-refractivity contribution is 5.64. The van der Waals surface area contributed by atoms with E-state index in [4.69, 9.17) is 44.7 Å². The molecule has 7 rings (SSSR count). The van der Waals surface area contributed by atoms with E-state index in [1.807, 2.05) is 79.4 Å². The number of nitrogens with zero attached hydrogens (tertiary/aromatic N) is 7. The minimum absolute atomic E-state index is 0.0535. The van der Waals surface area contributed by atoms with E-state index < -0.39 is 0 Å². The molecule has 0 saturated carbocycles. The predicted octanol–water partition coefficient (Wildman–Crippen LogP) is 7.82. The second-order valence-electron chi connectivity index (χ2n) is 15.6. The van der Waals surface area contributed by atoms with Gasteiger partial charge in [-0.2, -0.15) is 0 Å². The summed E-state index contributed by atoms with van der Waals surface area (Å²) in [5.41, 5.74) is 5.15. The Labute approximate surface area is 337 Å². The zero-order chi connectivity index (χ0) is 39.9. The zero-order valence-electron chi connectivity index (χ0n) is 34.0. The molecule has 2 aromatic heterocycles. The summed E-state index contributed by atoms with van der Waals surface area (Å²) in [6.45, 7) is 11.8. The number of anilines is 2. The molecule has 0 bridgehead atoms. The lowest BCUT2D eigenvalue weighted by Gasteiger charge is -2.47. The number of ether oxygens (including phenoxy) is 4. The van der Waals surface area contributed by atoms with Crippen molar-refractivity contribution in [1.29, 1.82) is 0 Å². The molecule has 0 radical (unpaired) electrons. The number of hydrogen-bond acceptors (Lipinski definition) is 12. The normalized spacial score (nSPS) is 17.8. The van der Waals surface area contributed by atoms with Gasteiger partial charge in [-0.15, -0.1) is 0 Å². The lowest BCUT2D eigenvalue weighted by atomic mass is 9.82. The molecule has 2 atom stereocenters. The van der Waals surface area contributed by atoms with Crippen LogP contribution in [0, 0.1) is 5.92 Å². The lowest BCUT2D eigenvalue weighted by Crippen LogP contribution is -2.56. The van der Waals surface area contributed by atoms with E-state index in [0.717, 1.165) is 103 Å². The molecule has 2 aliphatic heterocycles. The summed E-state index contributed by atoms with van der Waals surface area (Å²) in [6, 6.07) is 22.4. The summed E-state index contributed by atoms with van der Waals surface area (Å²) in [4.78, 5) is 24.3. The van der Waals surface area contributed by atoms with Crippen molar-refractivity contribution in [2.45, 2.75) is 84.2 Å². The zero-order valence-corrected chi connectivity index (χ0v) is 34.0. The molecule has 2 N–H and O–H groups in total. The van der Waals surface area contributed by atoms with E-state index >= 15 is 0 Å². The first-order chi connectivity index (χ1) is 27.6. The van der Waals surface area contributed by atoms with Gasteiger partial charge in [0.05, 0.1) is 32.5 Å². The molecular weight excluding hydrogens is 717 g/mol. The van der Waals surface area contributed by atoms with E-state index in [1.165, 1.54) is 5.56 Å². The van der Waals surface area contributed by atoms with Gasteiger partial charge in [0.2, 0.25) is 11.9 Å². The summed E-state index contributed by atoms with van der Waals surface area (Å²) in [6.07, 6.45) is 11.5. The lowest BCUT2D eigenvalue weighted by molar-refractivity contribution is 0.147. The first-order valence-corrected chi connectivity index (χ1v) is 20.1. The Balaban J connectivity index is 1.08. The van der Waals surface area contributed by atoms with E-state index in [2.05, 4.69) is 49.6 Å². The average molecular weight is 773 g/mol. The standard InChI is InChI=1S/C45H56N8O4/c1-30(2)56-41-21-32(22-42(24-41)57-31(3)4)29-51-18-15-35(16-19-51)43-23-38(53(46)45-49-27-37(28-50-45)34-9-13-40(55-6)14-10-34)17-20-52(43)44-47-25-36(26-48-44)33-7-11-39(54-5)12-8-33/h7-14,21-22,24-28,30-31,35,38,43H,15-20,23,29,46H2,1-6H3. The summed E-state index contributed by atoms with van der Waals surface area (Å²) >= 11 is 0. The molecule has 0 spiro atoms. The van der Waals surface area contributed by atoms with Crippen LogP contribution in [0.4, 0.5) is 11.9 Å². The Morgan fingerprint density at radius 3 is 1.65 bits per heavy atom. The number of methoxy groups -OCH3 is 2. The van der Waals surface area contributed by atoms with Crippen molar-refractivity contribution >= 4 is 11.9 Å². The van der Waals surface area contributed by atoms with Crippen LogP contribution in [0.15, 0.2) is 91.5 Å². The van der Waals surface area contributed by atoms with E-state index in [0.29, 0.717) is 11.9 Å². The van der Waals surface area contributed by atoms with Crippen LogP contribution in [0.3, 0.4) is 0 Å². The summed E-state index contributed by atoms with van der Waals surface area (Å²) < 4.78 is 22.9. The third-order valence-electron chi connectivity index (χ3n) is 10.9. The molecule has 12 nitrogen and oxygen atoms in total. The van der Waals surface area contributed by atoms with Crippen LogP contribution in [0.2, 0.25) is 0 Å². The maximum absolute atomic E-state index is 6.87. The number of aromatic nitrogens is 4. The molecular formula is C45H56N8O4. The Bertz CT molecular complexity index is 1990. The molecule has 2 aliphatic rings. The smallest absolute Gasteiger partial charge is 0.240 e. The molecule has 0 amide bonds. The Kier molecular flexibility index (Phi) is 12.7. The van der Waals surface area contributed by atoms with E-state index in [1.54, 1.807) is 19.2 Å².